The molecular weight excluding hydrogens is 316 g/mol. The van der Waals surface area contributed by atoms with E-state index in [-0.39, 0.29) is 11.9 Å². The number of rotatable bonds is 2. The molecule has 0 atom stereocenters. The van der Waals surface area contributed by atoms with E-state index in [4.69, 9.17) is 4.74 Å². The molecule has 3 rings (SSSR count). The number of amides is 1. The highest BCUT2D eigenvalue weighted by Crippen LogP contribution is 2.35. The Morgan fingerprint density at radius 2 is 1.91 bits per heavy atom. The number of anilines is 1. The van der Waals surface area contributed by atoms with E-state index in [1.165, 1.54) is 24.8 Å². The summed E-state index contributed by atoms with van der Waals surface area (Å²) in [6.45, 7) is 6.26. The summed E-state index contributed by atoms with van der Waals surface area (Å²) in [5, 5.41) is 0.897. The molecule has 1 aliphatic rings. The minimum atomic E-state index is -0.349. The van der Waals surface area contributed by atoms with E-state index in [1.54, 1.807) is 6.92 Å². The van der Waals surface area contributed by atoms with Crippen molar-refractivity contribution in [3.63, 3.8) is 0 Å². The normalized spacial score (nSPS) is 15.1. The molecular formula is C15H18N4O3S. The number of ether oxygens (including phenoxy) is 1. The Morgan fingerprint density at radius 1 is 1.22 bits per heavy atom. The van der Waals surface area contributed by atoms with Crippen LogP contribution in [0.2, 0.25) is 0 Å². The maximum absolute atomic E-state index is 11.9. The smallest absolute Gasteiger partial charge is 0.348 e. The highest BCUT2D eigenvalue weighted by Gasteiger charge is 2.25. The fourth-order valence-corrected chi connectivity index (χ4v) is 3.87. The van der Waals surface area contributed by atoms with Crippen molar-refractivity contribution in [2.24, 2.45) is 0 Å². The van der Waals surface area contributed by atoms with Crippen LogP contribution in [-0.2, 0) is 9.53 Å². The van der Waals surface area contributed by atoms with Crippen molar-refractivity contribution in [2.45, 2.75) is 13.8 Å². The number of aromatic nitrogens is 2. The zero-order valence-electron chi connectivity index (χ0n) is 13.3. The zero-order valence-corrected chi connectivity index (χ0v) is 14.1. The molecule has 1 aliphatic heterocycles. The molecule has 0 radical (unpaired) electrons. The number of fused-ring (bicyclic) bond motifs is 1. The summed E-state index contributed by atoms with van der Waals surface area (Å²) >= 11 is 1.32. The van der Waals surface area contributed by atoms with Gasteiger partial charge in [-0.05, 0) is 12.5 Å². The van der Waals surface area contributed by atoms with Crippen LogP contribution in [-0.4, -0.2) is 60.0 Å². The second-order valence-corrected chi connectivity index (χ2v) is 6.42. The molecule has 0 bridgehead atoms. The average Bonchev–Trinajstić information content (AvgIpc) is 2.91. The van der Waals surface area contributed by atoms with Crippen molar-refractivity contribution < 1.29 is 14.3 Å². The number of piperazine rings is 1. The lowest BCUT2D eigenvalue weighted by Crippen LogP contribution is -2.48. The van der Waals surface area contributed by atoms with Crippen molar-refractivity contribution in [2.75, 3.05) is 38.2 Å². The van der Waals surface area contributed by atoms with Gasteiger partial charge < -0.3 is 14.5 Å². The van der Waals surface area contributed by atoms with Gasteiger partial charge >= 0.3 is 5.97 Å². The number of methoxy groups -OCH3 is 1. The molecule has 0 saturated carbocycles. The fourth-order valence-electron chi connectivity index (χ4n) is 2.81. The lowest BCUT2D eigenvalue weighted by molar-refractivity contribution is -0.129. The van der Waals surface area contributed by atoms with Crippen LogP contribution in [0.15, 0.2) is 6.33 Å². The lowest BCUT2D eigenvalue weighted by atomic mass is 10.2. The van der Waals surface area contributed by atoms with Gasteiger partial charge in [-0.2, -0.15) is 0 Å². The summed E-state index contributed by atoms with van der Waals surface area (Å²) in [5.41, 5.74) is 0.849. The summed E-state index contributed by atoms with van der Waals surface area (Å²) in [6.07, 6.45) is 1.52. The van der Waals surface area contributed by atoms with Crippen LogP contribution >= 0.6 is 11.3 Å². The highest BCUT2D eigenvalue weighted by atomic mass is 32.1. The van der Waals surface area contributed by atoms with Crippen molar-refractivity contribution in [3.05, 3.63) is 16.8 Å². The predicted molar refractivity (Wildman–Crippen MR) is 88.0 cm³/mol. The van der Waals surface area contributed by atoms with Crippen molar-refractivity contribution in [1.82, 2.24) is 14.9 Å². The van der Waals surface area contributed by atoms with Gasteiger partial charge in [0.15, 0.2) is 0 Å². The second-order valence-electron chi connectivity index (χ2n) is 5.42. The number of thiophene rings is 1. The third kappa shape index (κ3) is 2.74. The second kappa shape index (κ2) is 6.11. The molecule has 0 N–H and O–H groups in total. The third-order valence-corrected chi connectivity index (χ3v) is 5.28. The molecule has 0 aromatic carbocycles. The molecule has 1 saturated heterocycles. The first-order valence-corrected chi connectivity index (χ1v) is 8.17. The summed E-state index contributed by atoms with van der Waals surface area (Å²) in [6, 6.07) is 0. The van der Waals surface area contributed by atoms with Crippen molar-refractivity contribution in [3.8, 4) is 0 Å². The molecule has 2 aromatic heterocycles. The number of carbonyl (C=O) groups is 2. The highest BCUT2D eigenvalue weighted by molar-refractivity contribution is 7.20. The Bertz CT molecular complexity index is 765. The summed E-state index contributed by atoms with van der Waals surface area (Å²) < 4.78 is 4.84. The third-order valence-electron chi connectivity index (χ3n) is 4.10. The molecule has 0 aliphatic carbocycles. The van der Waals surface area contributed by atoms with Gasteiger partial charge in [-0.25, -0.2) is 14.8 Å². The predicted octanol–water partition coefficient (Wildman–Crippen LogP) is 1.45. The number of aryl methyl sites for hydroxylation is 1. The lowest BCUT2D eigenvalue weighted by Gasteiger charge is -2.35. The van der Waals surface area contributed by atoms with Gasteiger partial charge in [-0.15, -0.1) is 11.3 Å². The van der Waals surface area contributed by atoms with Gasteiger partial charge in [0.2, 0.25) is 5.91 Å². The van der Waals surface area contributed by atoms with Crippen LogP contribution in [0.25, 0.3) is 10.2 Å². The maximum atomic E-state index is 11.9. The number of hydrogen-bond donors (Lipinski definition) is 0. The van der Waals surface area contributed by atoms with Gasteiger partial charge in [0, 0.05) is 33.1 Å². The molecule has 8 heteroatoms. The summed E-state index contributed by atoms with van der Waals surface area (Å²) in [5.74, 6) is 0.567. The first-order chi connectivity index (χ1) is 11.0. The minimum Gasteiger partial charge on any atom is -0.465 e. The number of nitrogens with zero attached hydrogens (tertiary/aromatic N) is 4. The monoisotopic (exact) mass is 334 g/mol. The Labute approximate surface area is 137 Å². The zero-order chi connectivity index (χ0) is 16.6. The van der Waals surface area contributed by atoms with Crippen LogP contribution in [0.3, 0.4) is 0 Å². The van der Waals surface area contributed by atoms with E-state index >= 15 is 0 Å². The molecule has 0 spiro atoms. The van der Waals surface area contributed by atoms with E-state index in [1.807, 2.05) is 11.8 Å². The number of esters is 1. The maximum Gasteiger partial charge on any atom is 0.348 e. The molecule has 2 aromatic rings. The quantitative estimate of drug-likeness (QED) is 0.774. The van der Waals surface area contributed by atoms with E-state index in [0.717, 1.165) is 21.6 Å². The molecule has 3 heterocycles. The van der Waals surface area contributed by atoms with Crippen LogP contribution in [0.1, 0.15) is 22.2 Å². The number of hydrogen-bond acceptors (Lipinski definition) is 7. The van der Waals surface area contributed by atoms with Gasteiger partial charge in [0.05, 0.1) is 12.5 Å². The standard InChI is InChI=1S/C15H18N4O3S/c1-9-11-13(19-6-4-18(5-7-19)10(2)20)16-8-17-14(11)23-12(9)15(21)22-3/h8H,4-7H2,1-3H3. The molecule has 7 nitrogen and oxygen atoms in total. The Balaban J connectivity index is 1.97. The minimum absolute atomic E-state index is 0.0946. The van der Waals surface area contributed by atoms with Crippen LogP contribution in [0.5, 0.6) is 0 Å². The van der Waals surface area contributed by atoms with Crippen LogP contribution < -0.4 is 4.90 Å². The molecule has 122 valence electrons. The molecule has 0 unspecified atom stereocenters. The van der Waals surface area contributed by atoms with Crippen LogP contribution in [0, 0.1) is 6.92 Å². The van der Waals surface area contributed by atoms with Gasteiger partial charge in [0.25, 0.3) is 0 Å². The molecule has 23 heavy (non-hydrogen) atoms. The topological polar surface area (TPSA) is 75.6 Å². The molecule has 1 amide bonds. The van der Waals surface area contributed by atoms with Crippen molar-refractivity contribution >= 4 is 39.2 Å². The van der Waals surface area contributed by atoms with Gasteiger partial charge in [-0.1, -0.05) is 0 Å². The molecule has 1 fully saturated rings. The van der Waals surface area contributed by atoms with Crippen molar-refractivity contribution in [1.29, 1.82) is 0 Å². The summed E-state index contributed by atoms with van der Waals surface area (Å²) in [4.78, 5) is 37.4. The van der Waals surface area contributed by atoms with E-state index in [2.05, 4.69) is 14.9 Å². The summed E-state index contributed by atoms with van der Waals surface area (Å²) in [7, 11) is 1.37. The van der Waals surface area contributed by atoms with E-state index in [0.29, 0.717) is 31.1 Å². The van der Waals surface area contributed by atoms with E-state index < -0.39 is 0 Å². The Kier molecular flexibility index (Phi) is 4.16. The Morgan fingerprint density at radius 3 is 2.52 bits per heavy atom. The SMILES string of the molecule is COC(=O)c1sc2ncnc(N3CCN(C(C)=O)CC3)c2c1C. The van der Waals surface area contributed by atoms with Gasteiger partial charge in [0.1, 0.15) is 21.9 Å². The first-order valence-electron chi connectivity index (χ1n) is 7.35. The number of carbonyl (C=O) groups excluding carboxylic acids is 2. The Hall–Kier alpha value is -2.22. The van der Waals surface area contributed by atoms with Crippen LogP contribution in [0.4, 0.5) is 5.82 Å². The van der Waals surface area contributed by atoms with Gasteiger partial charge in [-0.3, -0.25) is 4.79 Å². The largest absolute Gasteiger partial charge is 0.465 e. The first kappa shape index (κ1) is 15.7. The fraction of sp³-hybridized carbons (Fsp3) is 0.467. The average molecular weight is 334 g/mol. The van der Waals surface area contributed by atoms with E-state index in [9.17, 15) is 9.59 Å².